The van der Waals surface area contributed by atoms with Crippen LogP contribution in [-0.2, 0) is 9.47 Å². The van der Waals surface area contributed by atoms with Gasteiger partial charge in [-0.2, -0.15) is 0 Å². The first kappa shape index (κ1) is 21.8. The molecule has 8 heteroatoms. The van der Waals surface area contributed by atoms with Crippen molar-refractivity contribution >= 4 is 12.1 Å². The molecule has 0 radical (unpaired) electrons. The van der Waals surface area contributed by atoms with Crippen LogP contribution in [0.15, 0.2) is 4.99 Å². The first-order valence-electron chi connectivity index (χ1n) is 9.98. The molecular weight excluding hydrogens is 346 g/mol. The summed E-state index contributed by atoms with van der Waals surface area (Å²) in [6.07, 6.45) is 0.919. The van der Waals surface area contributed by atoms with Gasteiger partial charge in [-0.05, 0) is 48.2 Å². The predicted molar refractivity (Wildman–Crippen MR) is 107 cm³/mol. The quantitative estimate of drug-likeness (QED) is 0.713. The Labute approximate surface area is 163 Å². The molecule has 0 aliphatic carbocycles. The van der Waals surface area contributed by atoms with E-state index in [0.29, 0.717) is 26.2 Å². The van der Waals surface area contributed by atoms with Gasteiger partial charge in [0.1, 0.15) is 5.60 Å². The molecule has 0 saturated carbocycles. The minimum Gasteiger partial charge on any atom is -0.444 e. The lowest BCUT2D eigenvalue weighted by Crippen LogP contribution is -2.58. The standard InChI is InChI=1S/C19H37N5O3/c1-7-26-16(8-9-22(5)6)13-21-17-20-12-15-14-23(10-11-24(15)17)18(25)27-19(2,3)4/h15-16H,7-14H2,1-6H3,(H,20,21). The van der Waals surface area contributed by atoms with Crippen LogP contribution in [0, 0.1) is 0 Å². The number of aliphatic imine (C=N–C) groups is 1. The summed E-state index contributed by atoms with van der Waals surface area (Å²) >= 11 is 0. The third-order valence-electron chi connectivity index (χ3n) is 4.65. The van der Waals surface area contributed by atoms with E-state index in [-0.39, 0.29) is 18.2 Å². The number of carbonyl (C=O) groups is 1. The lowest BCUT2D eigenvalue weighted by molar-refractivity contribution is 0.0136. The molecule has 0 bridgehead atoms. The maximum atomic E-state index is 12.3. The molecule has 156 valence electrons. The number of nitrogens with one attached hydrogen (secondary N) is 1. The van der Waals surface area contributed by atoms with Gasteiger partial charge in [0.2, 0.25) is 0 Å². The number of piperazine rings is 1. The Kier molecular flexibility index (Phi) is 7.73. The molecule has 1 N–H and O–H groups in total. The Morgan fingerprint density at radius 1 is 1.37 bits per heavy atom. The summed E-state index contributed by atoms with van der Waals surface area (Å²) in [7, 11) is 4.15. The van der Waals surface area contributed by atoms with Gasteiger partial charge < -0.3 is 29.5 Å². The number of amides is 1. The summed E-state index contributed by atoms with van der Waals surface area (Å²) in [5, 5.41) is 3.47. The lowest BCUT2D eigenvalue weighted by Gasteiger charge is -2.39. The van der Waals surface area contributed by atoms with Gasteiger partial charge in [0.15, 0.2) is 5.96 Å². The Bertz CT molecular complexity index is 518. The van der Waals surface area contributed by atoms with Crippen molar-refractivity contribution in [1.29, 1.82) is 0 Å². The topological polar surface area (TPSA) is 69.6 Å². The highest BCUT2D eigenvalue weighted by molar-refractivity contribution is 5.82. The number of guanidine groups is 1. The highest BCUT2D eigenvalue weighted by Gasteiger charge is 2.36. The molecule has 1 saturated heterocycles. The molecule has 2 heterocycles. The number of carbonyl (C=O) groups excluding carboxylic acids is 1. The van der Waals surface area contributed by atoms with Crippen LogP contribution in [-0.4, -0.2) is 104 Å². The van der Waals surface area contributed by atoms with Crippen LogP contribution < -0.4 is 5.32 Å². The predicted octanol–water partition coefficient (Wildman–Crippen LogP) is 1.22. The van der Waals surface area contributed by atoms with Gasteiger partial charge in [-0.3, -0.25) is 4.99 Å². The molecule has 2 aliphatic heterocycles. The van der Waals surface area contributed by atoms with E-state index in [9.17, 15) is 4.79 Å². The second-order valence-corrected chi connectivity index (χ2v) is 8.49. The second-order valence-electron chi connectivity index (χ2n) is 8.49. The fourth-order valence-electron chi connectivity index (χ4n) is 3.31. The number of rotatable bonds is 7. The summed E-state index contributed by atoms with van der Waals surface area (Å²) in [6, 6.07) is 0.223. The maximum absolute atomic E-state index is 12.3. The fourth-order valence-corrected chi connectivity index (χ4v) is 3.31. The second kappa shape index (κ2) is 9.59. The van der Waals surface area contributed by atoms with Gasteiger partial charge in [-0.1, -0.05) is 0 Å². The van der Waals surface area contributed by atoms with E-state index in [1.165, 1.54) is 0 Å². The number of nitrogens with zero attached hydrogens (tertiary/aromatic N) is 4. The van der Waals surface area contributed by atoms with Crippen LogP contribution in [0.25, 0.3) is 0 Å². The highest BCUT2D eigenvalue weighted by Crippen LogP contribution is 2.18. The average Bonchev–Trinajstić information content (AvgIpc) is 2.98. The molecule has 0 spiro atoms. The average molecular weight is 384 g/mol. The van der Waals surface area contributed by atoms with Gasteiger partial charge in [0.25, 0.3) is 0 Å². The van der Waals surface area contributed by atoms with E-state index < -0.39 is 5.60 Å². The van der Waals surface area contributed by atoms with E-state index in [2.05, 4.69) is 34.2 Å². The zero-order chi connectivity index (χ0) is 20.0. The Morgan fingerprint density at radius 2 is 2.11 bits per heavy atom. The summed E-state index contributed by atoms with van der Waals surface area (Å²) in [5.41, 5.74) is -0.464. The third kappa shape index (κ3) is 6.84. The van der Waals surface area contributed by atoms with Gasteiger partial charge in [-0.25, -0.2) is 4.79 Å². The van der Waals surface area contributed by atoms with Gasteiger partial charge in [-0.15, -0.1) is 0 Å². The van der Waals surface area contributed by atoms with Crippen molar-refractivity contribution in [2.24, 2.45) is 4.99 Å². The van der Waals surface area contributed by atoms with Crippen LogP contribution in [0.2, 0.25) is 0 Å². The summed E-state index contributed by atoms with van der Waals surface area (Å²) < 4.78 is 11.4. The van der Waals surface area contributed by atoms with E-state index in [1.807, 2.05) is 27.7 Å². The minimum absolute atomic E-state index is 0.169. The molecule has 8 nitrogen and oxygen atoms in total. The third-order valence-corrected chi connectivity index (χ3v) is 4.65. The molecule has 0 aromatic carbocycles. The first-order chi connectivity index (χ1) is 12.7. The van der Waals surface area contributed by atoms with E-state index in [1.54, 1.807) is 4.90 Å². The smallest absolute Gasteiger partial charge is 0.410 e. The molecule has 27 heavy (non-hydrogen) atoms. The molecule has 1 amide bonds. The van der Waals surface area contributed by atoms with Gasteiger partial charge in [0.05, 0.1) is 18.7 Å². The molecule has 2 rings (SSSR count). The number of fused-ring (bicyclic) bond motifs is 1. The van der Waals surface area contributed by atoms with Gasteiger partial charge in [0, 0.05) is 39.3 Å². The van der Waals surface area contributed by atoms with Crippen LogP contribution in [0.3, 0.4) is 0 Å². The Morgan fingerprint density at radius 3 is 2.74 bits per heavy atom. The summed E-state index contributed by atoms with van der Waals surface area (Å²) in [6.45, 7) is 13.0. The van der Waals surface area contributed by atoms with E-state index in [4.69, 9.17) is 9.47 Å². The van der Waals surface area contributed by atoms with Crippen molar-refractivity contribution in [3.63, 3.8) is 0 Å². The summed E-state index contributed by atoms with van der Waals surface area (Å²) in [5.74, 6) is 0.929. The normalized spacial score (nSPS) is 21.1. The SMILES string of the molecule is CCOC(CCN(C)C)CNC1=NCC2CN(C(=O)OC(C)(C)C)CCN12. The lowest BCUT2D eigenvalue weighted by atomic mass is 10.2. The number of ether oxygens (including phenoxy) is 2. The highest BCUT2D eigenvalue weighted by atomic mass is 16.6. The summed E-state index contributed by atoms with van der Waals surface area (Å²) in [4.78, 5) is 23.2. The van der Waals surface area contributed by atoms with Crippen LogP contribution in [0.1, 0.15) is 34.1 Å². The molecule has 0 aromatic rings. The van der Waals surface area contributed by atoms with Crippen molar-refractivity contribution in [2.75, 3.05) is 60.0 Å². The van der Waals surface area contributed by atoms with Gasteiger partial charge >= 0.3 is 6.09 Å². The molecule has 0 aromatic heterocycles. The molecule has 2 atom stereocenters. The van der Waals surface area contributed by atoms with Crippen molar-refractivity contribution in [3.05, 3.63) is 0 Å². The van der Waals surface area contributed by atoms with Crippen molar-refractivity contribution < 1.29 is 14.3 Å². The van der Waals surface area contributed by atoms with Crippen LogP contribution in [0.4, 0.5) is 4.79 Å². The van der Waals surface area contributed by atoms with Crippen molar-refractivity contribution in [1.82, 2.24) is 20.0 Å². The monoisotopic (exact) mass is 383 g/mol. The minimum atomic E-state index is -0.464. The molecule has 1 fully saturated rings. The van der Waals surface area contributed by atoms with Crippen LogP contribution >= 0.6 is 0 Å². The van der Waals surface area contributed by atoms with Crippen LogP contribution in [0.5, 0.6) is 0 Å². The maximum Gasteiger partial charge on any atom is 0.410 e. The fraction of sp³-hybridized carbons (Fsp3) is 0.895. The first-order valence-corrected chi connectivity index (χ1v) is 9.98. The Hall–Kier alpha value is -1.54. The largest absolute Gasteiger partial charge is 0.444 e. The zero-order valence-electron chi connectivity index (χ0n) is 17.8. The Balaban J connectivity index is 1.81. The number of hydrogen-bond acceptors (Lipinski definition) is 7. The van der Waals surface area contributed by atoms with E-state index in [0.717, 1.165) is 32.0 Å². The molecule has 2 aliphatic rings. The van der Waals surface area contributed by atoms with E-state index >= 15 is 0 Å². The van der Waals surface area contributed by atoms with Crippen molar-refractivity contribution in [3.8, 4) is 0 Å². The van der Waals surface area contributed by atoms with Crippen molar-refractivity contribution in [2.45, 2.75) is 51.9 Å². The zero-order valence-corrected chi connectivity index (χ0v) is 17.8. The molecular formula is C19H37N5O3. The molecule has 2 unspecified atom stereocenters. The number of hydrogen-bond donors (Lipinski definition) is 1.